The van der Waals surface area contributed by atoms with Crippen LogP contribution in [-0.4, -0.2) is 27.2 Å². The van der Waals surface area contributed by atoms with E-state index in [1.165, 1.54) is 42.6 Å². The molecule has 11 rings (SSSR count). The molecule has 4 nitrogen and oxygen atoms in total. The third-order valence-corrected chi connectivity index (χ3v) is 16.4. The van der Waals surface area contributed by atoms with Crippen LogP contribution in [0.4, 0.5) is 0 Å². The maximum Gasteiger partial charge on any atom is 0.235 e. The van der Waals surface area contributed by atoms with Gasteiger partial charge >= 0.3 is 0 Å². The summed E-state index contributed by atoms with van der Waals surface area (Å²) in [7, 11) is -2.63. The van der Waals surface area contributed by atoms with E-state index < -0.39 is 8.07 Å². The van der Waals surface area contributed by atoms with Crippen molar-refractivity contribution in [2.45, 2.75) is 0 Å². The molecule has 0 aliphatic rings. The second-order valence-corrected chi connectivity index (χ2v) is 18.4. The second-order valence-electron chi connectivity index (χ2n) is 14.6. The molecule has 3 aromatic heterocycles. The standard InChI is InChI=1S/C52H36N4Si/c1-4-16-39(17-5-1)57(40-18-6-2-7-19-40,41-20-8-3-9-21-41)42-31-28-37(29-32-42)47-34-35-53-52(54-47)56-50-27-15-12-24-45(50)46-36-38(30-33-51(46)56)55-48-25-13-10-22-43(48)44-23-11-14-26-49(44)55/h1-36H. The summed E-state index contributed by atoms with van der Waals surface area (Å²) in [5.74, 6) is 0.647. The number of benzene rings is 8. The van der Waals surface area contributed by atoms with Gasteiger partial charge in [0.1, 0.15) is 0 Å². The highest BCUT2D eigenvalue weighted by Gasteiger charge is 2.41. The van der Waals surface area contributed by atoms with Gasteiger partial charge in [0.15, 0.2) is 8.07 Å². The summed E-state index contributed by atoms with van der Waals surface area (Å²) in [4.78, 5) is 10.2. The maximum atomic E-state index is 5.26. The van der Waals surface area contributed by atoms with Crippen molar-refractivity contribution in [2.75, 3.05) is 0 Å². The lowest BCUT2D eigenvalue weighted by Crippen LogP contribution is -2.74. The van der Waals surface area contributed by atoms with E-state index in [2.05, 4.69) is 215 Å². The van der Waals surface area contributed by atoms with E-state index >= 15 is 0 Å². The molecule has 57 heavy (non-hydrogen) atoms. The Hall–Kier alpha value is -7.34. The maximum absolute atomic E-state index is 5.26. The highest BCUT2D eigenvalue weighted by Crippen LogP contribution is 2.36. The van der Waals surface area contributed by atoms with E-state index in [1.807, 2.05) is 12.3 Å². The monoisotopic (exact) mass is 744 g/mol. The Bertz CT molecular complexity index is 3070. The Morgan fingerprint density at radius 1 is 0.351 bits per heavy atom. The van der Waals surface area contributed by atoms with Gasteiger partial charge in [-0.2, -0.15) is 0 Å². The third-order valence-electron chi connectivity index (χ3n) is 11.6. The van der Waals surface area contributed by atoms with Gasteiger partial charge in [-0.25, -0.2) is 9.97 Å². The Labute approximate surface area is 331 Å². The fourth-order valence-electron chi connectivity index (χ4n) is 9.09. The van der Waals surface area contributed by atoms with Gasteiger partial charge in [0.2, 0.25) is 5.95 Å². The van der Waals surface area contributed by atoms with Crippen LogP contribution in [0, 0.1) is 0 Å². The van der Waals surface area contributed by atoms with E-state index in [1.54, 1.807) is 0 Å². The van der Waals surface area contributed by atoms with E-state index in [4.69, 9.17) is 9.97 Å². The first-order valence-corrected chi connectivity index (χ1v) is 21.4. The Kier molecular flexibility index (Phi) is 7.79. The molecule has 0 N–H and O–H groups in total. The van der Waals surface area contributed by atoms with E-state index in [-0.39, 0.29) is 0 Å². The summed E-state index contributed by atoms with van der Waals surface area (Å²) in [5, 5.41) is 10.2. The fourth-order valence-corrected chi connectivity index (χ4v) is 13.8. The molecular formula is C52H36N4Si. The van der Waals surface area contributed by atoms with Crippen LogP contribution in [0.2, 0.25) is 0 Å². The Morgan fingerprint density at radius 3 is 1.33 bits per heavy atom. The zero-order valence-corrected chi connectivity index (χ0v) is 32.1. The lowest BCUT2D eigenvalue weighted by atomic mass is 10.1. The first-order valence-electron chi connectivity index (χ1n) is 19.4. The molecule has 0 saturated heterocycles. The van der Waals surface area contributed by atoms with Gasteiger partial charge in [0.25, 0.3) is 0 Å². The van der Waals surface area contributed by atoms with E-state index in [9.17, 15) is 0 Å². The van der Waals surface area contributed by atoms with E-state index in [0.29, 0.717) is 5.95 Å². The van der Waals surface area contributed by atoms with Crippen LogP contribution in [0.15, 0.2) is 219 Å². The number of hydrogen-bond donors (Lipinski definition) is 0. The molecule has 0 unspecified atom stereocenters. The van der Waals surface area contributed by atoms with E-state index in [0.717, 1.165) is 38.8 Å². The van der Waals surface area contributed by atoms with Gasteiger partial charge in [0.05, 0.1) is 27.8 Å². The van der Waals surface area contributed by atoms with Gasteiger partial charge in [-0.3, -0.25) is 4.57 Å². The summed E-state index contributed by atoms with van der Waals surface area (Å²) in [6, 6.07) is 76.9. The molecule has 5 heteroatoms. The molecule has 0 radical (unpaired) electrons. The zero-order chi connectivity index (χ0) is 37.8. The van der Waals surface area contributed by atoms with Crippen LogP contribution in [0.5, 0.6) is 0 Å². The molecule has 0 spiro atoms. The number of aromatic nitrogens is 4. The normalized spacial score (nSPS) is 11.9. The molecule has 0 aliphatic carbocycles. The first-order chi connectivity index (χ1) is 28.3. The summed E-state index contributed by atoms with van der Waals surface area (Å²) in [5.41, 5.74) is 7.58. The predicted molar refractivity (Wildman–Crippen MR) is 240 cm³/mol. The minimum atomic E-state index is -2.63. The Morgan fingerprint density at radius 2 is 0.789 bits per heavy atom. The van der Waals surface area contributed by atoms with Gasteiger partial charge in [-0.15, -0.1) is 0 Å². The smallest absolute Gasteiger partial charge is 0.235 e. The highest BCUT2D eigenvalue weighted by molar-refractivity contribution is 7.19. The minimum absolute atomic E-state index is 0.647. The van der Waals surface area contributed by atoms with Crippen molar-refractivity contribution in [1.29, 1.82) is 0 Å². The lowest BCUT2D eigenvalue weighted by Gasteiger charge is -2.34. The van der Waals surface area contributed by atoms with Crippen molar-refractivity contribution in [1.82, 2.24) is 19.1 Å². The van der Waals surface area contributed by atoms with Crippen molar-refractivity contribution >= 4 is 72.4 Å². The largest absolute Gasteiger partial charge is 0.309 e. The van der Waals surface area contributed by atoms with Gasteiger partial charge < -0.3 is 4.57 Å². The van der Waals surface area contributed by atoms with Crippen LogP contribution in [0.3, 0.4) is 0 Å². The molecular weight excluding hydrogens is 709 g/mol. The van der Waals surface area contributed by atoms with Crippen LogP contribution in [0.25, 0.3) is 66.5 Å². The Balaban J connectivity index is 1.04. The average molecular weight is 745 g/mol. The topological polar surface area (TPSA) is 35.6 Å². The number of fused-ring (bicyclic) bond motifs is 6. The average Bonchev–Trinajstić information content (AvgIpc) is 3.81. The summed E-state index contributed by atoms with van der Waals surface area (Å²) < 4.78 is 4.58. The number of para-hydroxylation sites is 3. The molecule has 3 heterocycles. The summed E-state index contributed by atoms with van der Waals surface area (Å²) in [6.45, 7) is 0. The molecule has 8 aromatic carbocycles. The third kappa shape index (κ3) is 5.20. The van der Waals surface area contributed by atoms with Crippen LogP contribution in [-0.2, 0) is 0 Å². The number of rotatable bonds is 7. The molecule has 268 valence electrons. The predicted octanol–water partition coefficient (Wildman–Crippen LogP) is 9.72. The van der Waals surface area contributed by atoms with Gasteiger partial charge in [-0.1, -0.05) is 170 Å². The lowest BCUT2D eigenvalue weighted by molar-refractivity contribution is 0.992. The molecule has 0 fully saturated rings. The first kappa shape index (κ1) is 33.0. The molecule has 0 bridgehead atoms. The van der Waals surface area contributed by atoms with Crippen molar-refractivity contribution < 1.29 is 0 Å². The summed E-state index contributed by atoms with van der Waals surface area (Å²) >= 11 is 0. The van der Waals surface area contributed by atoms with Crippen molar-refractivity contribution in [3.63, 3.8) is 0 Å². The molecule has 0 aliphatic heterocycles. The van der Waals surface area contributed by atoms with Gasteiger partial charge in [0, 0.05) is 39.0 Å². The fraction of sp³-hybridized carbons (Fsp3) is 0. The summed E-state index contributed by atoms with van der Waals surface area (Å²) in [6.07, 6.45) is 1.88. The van der Waals surface area contributed by atoms with Gasteiger partial charge in [-0.05, 0) is 63.2 Å². The second kappa shape index (κ2) is 13.4. The SMILES string of the molecule is c1ccc([Si](c2ccccc2)(c2ccccc2)c2ccc(-c3ccnc(-n4c5ccccc5c5cc(-n6c7ccccc7c7ccccc76)ccc54)n3)cc2)cc1. The molecule has 0 saturated carbocycles. The highest BCUT2D eigenvalue weighted by atomic mass is 28.3. The molecule has 0 atom stereocenters. The van der Waals surface area contributed by atoms with Crippen molar-refractivity contribution in [2.24, 2.45) is 0 Å². The van der Waals surface area contributed by atoms with Crippen molar-refractivity contribution in [3.05, 3.63) is 219 Å². The number of hydrogen-bond acceptors (Lipinski definition) is 2. The van der Waals surface area contributed by atoms with Crippen LogP contribution in [0.1, 0.15) is 0 Å². The number of nitrogens with zero attached hydrogens (tertiary/aromatic N) is 4. The van der Waals surface area contributed by atoms with Crippen molar-refractivity contribution in [3.8, 4) is 22.9 Å². The molecule has 0 amide bonds. The molecule has 11 aromatic rings. The zero-order valence-electron chi connectivity index (χ0n) is 31.1. The van der Waals surface area contributed by atoms with Crippen LogP contribution < -0.4 is 20.7 Å². The van der Waals surface area contributed by atoms with Crippen LogP contribution >= 0.6 is 0 Å². The minimum Gasteiger partial charge on any atom is -0.309 e. The quantitative estimate of drug-likeness (QED) is 0.120.